The maximum atomic E-state index is 6.25. The molecule has 1 aliphatic heterocycles. The monoisotopic (exact) mass is 334 g/mol. The number of alkyl halides is 2. The highest BCUT2D eigenvalue weighted by molar-refractivity contribution is 6.30. The van der Waals surface area contributed by atoms with Gasteiger partial charge in [-0.05, 0) is 49.8 Å². The normalized spacial score (nSPS) is 19.4. The van der Waals surface area contributed by atoms with Gasteiger partial charge in [-0.1, -0.05) is 23.7 Å². The van der Waals surface area contributed by atoms with Gasteiger partial charge in [-0.15, -0.1) is 23.2 Å². The minimum atomic E-state index is -0.160. The number of halogens is 3. The molecule has 2 rings (SSSR count). The van der Waals surface area contributed by atoms with Gasteiger partial charge >= 0.3 is 0 Å². The Morgan fingerprint density at radius 3 is 2.40 bits per heavy atom. The molecule has 1 aromatic rings. The zero-order valence-corrected chi connectivity index (χ0v) is 13.9. The molecule has 0 aliphatic carbocycles. The standard InChI is InChI=1S/C16H21Cl3O/c17-11-16(12-18,13-5-7-14(19)8-6-13)9-1-3-15-4-2-10-20-15/h5-8,15H,1-4,9-12H2. The van der Waals surface area contributed by atoms with Crippen molar-refractivity contribution in [3.05, 3.63) is 34.9 Å². The van der Waals surface area contributed by atoms with Gasteiger partial charge in [-0.25, -0.2) is 0 Å². The molecule has 0 amide bonds. The SMILES string of the molecule is ClCC(CCl)(CCCC1CCCO1)c1ccc(Cl)cc1. The van der Waals surface area contributed by atoms with Crippen molar-refractivity contribution in [1.29, 1.82) is 0 Å². The second kappa shape index (κ2) is 7.89. The van der Waals surface area contributed by atoms with Crippen LogP contribution in [-0.2, 0) is 10.2 Å². The fraction of sp³-hybridized carbons (Fsp3) is 0.625. The van der Waals surface area contributed by atoms with Crippen LogP contribution in [0.15, 0.2) is 24.3 Å². The first-order valence-corrected chi connectivity index (χ1v) is 8.64. The van der Waals surface area contributed by atoms with Crippen LogP contribution in [0, 0.1) is 0 Å². The van der Waals surface area contributed by atoms with E-state index in [1.54, 1.807) is 0 Å². The number of ether oxygens (including phenoxy) is 1. The number of hydrogen-bond donors (Lipinski definition) is 0. The van der Waals surface area contributed by atoms with Crippen molar-refractivity contribution in [1.82, 2.24) is 0 Å². The van der Waals surface area contributed by atoms with E-state index >= 15 is 0 Å². The molecule has 0 aromatic heterocycles. The van der Waals surface area contributed by atoms with E-state index in [1.165, 1.54) is 18.4 Å². The minimum absolute atomic E-state index is 0.160. The highest BCUT2D eigenvalue weighted by Gasteiger charge is 2.30. The maximum Gasteiger partial charge on any atom is 0.0576 e. The second-order valence-corrected chi connectivity index (χ2v) is 6.55. The van der Waals surface area contributed by atoms with Crippen LogP contribution in [0.3, 0.4) is 0 Å². The quantitative estimate of drug-likeness (QED) is 0.606. The third kappa shape index (κ3) is 4.04. The lowest BCUT2D eigenvalue weighted by Crippen LogP contribution is -2.31. The van der Waals surface area contributed by atoms with Gasteiger partial charge in [0.05, 0.1) is 6.10 Å². The van der Waals surface area contributed by atoms with Crippen molar-refractivity contribution in [2.24, 2.45) is 0 Å². The molecule has 0 bridgehead atoms. The molecular formula is C16H21Cl3O. The minimum Gasteiger partial charge on any atom is -0.378 e. The highest BCUT2D eigenvalue weighted by atomic mass is 35.5. The molecule has 1 fully saturated rings. The third-order valence-electron chi connectivity index (χ3n) is 4.17. The van der Waals surface area contributed by atoms with Crippen LogP contribution in [-0.4, -0.2) is 24.5 Å². The smallest absolute Gasteiger partial charge is 0.0576 e. The van der Waals surface area contributed by atoms with Crippen LogP contribution in [0.5, 0.6) is 0 Å². The van der Waals surface area contributed by atoms with Gasteiger partial charge in [-0.3, -0.25) is 0 Å². The summed E-state index contributed by atoms with van der Waals surface area (Å²) in [4.78, 5) is 0. The maximum absolute atomic E-state index is 6.25. The molecule has 0 radical (unpaired) electrons. The fourth-order valence-electron chi connectivity index (χ4n) is 2.81. The Balaban J connectivity index is 1.98. The molecule has 0 spiro atoms. The Morgan fingerprint density at radius 1 is 1.15 bits per heavy atom. The zero-order chi connectivity index (χ0) is 14.4. The molecule has 1 saturated heterocycles. The Kier molecular flexibility index (Phi) is 6.48. The van der Waals surface area contributed by atoms with Crippen molar-refractivity contribution in [2.75, 3.05) is 18.4 Å². The third-order valence-corrected chi connectivity index (χ3v) is 5.45. The lowest BCUT2D eigenvalue weighted by atomic mass is 9.79. The van der Waals surface area contributed by atoms with Gasteiger partial charge in [0.1, 0.15) is 0 Å². The van der Waals surface area contributed by atoms with E-state index in [0.717, 1.165) is 30.9 Å². The summed E-state index contributed by atoms with van der Waals surface area (Å²) in [6, 6.07) is 7.90. The van der Waals surface area contributed by atoms with E-state index in [0.29, 0.717) is 17.9 Å². The molecule has 1 nitrogen and oxygen atoms in total. The van der Waals surface area contributed by atoms with E-state index in [4.69, 9.17) is 39.5 Å². The van der Waals surface area contributed by atoms with Crippen LogP contribution >= 0.6 is 34.8 Å². The van der Waals surface area contributed by atoms with E-state index in [9.17, 15) is 0 Å². The van der Waals surface area contributed by atoms with Crippen LogP contribution < -0.4 is 0 Å². The Labute approximate surface area is 136 Å². The molecule has 0 saturated carbocycles. The Hall–Kier alpha value is 0.0500. The van der Waals surface area contributed by atoms with Crippen molar-refractivity contribution < 1.29 is 4.74 Å². The summed E-state index contributed by atoms with van der Waals surface area (Å²) in [6.45, 7) is 0.915. The van der Waals surface area contributed by atoms with Gasteiger partial charge in [0.15, 0.2) is 0 Å². The Bertz CT molecular complexity index is 395. The topological polar surface area (TPSA) is 9.23 Å². The second-order valence-electron chi connectivity index (χ2n) is 5.58. The van der Waals surface area contributed by atoms with Crippen molar-refractivity contribution in [3.8, 4) is 0 Å². The van der Waals surface area contributed by atoms with Gasteiger partial charge in [-0.2, -0.15) is 0 Å². The first-order chi connectivity index (χ1) is 9.70. The van der Waals surface area contributed by atoms with Crippen LogP contribution in [0.2, 0.25) is 5.02 Å². The van der Waals surface area contributed by atoms with Crippen molar-refractivity contribution in [2.45, 2.75) is 43.6 Å². The summed E-state index contributed by atoms with van der Waals surface area (Å²) in [5, 5.41) is 0.742. The molecule has 1 aliphatic rings. The van der Waals surface area contributed by atoms with Gasteiger partial charge < -0.3 is 4.74 Å². The first kappa shape index (κ1) is 16.4. The zero-order valence-electron chi connectivity index (χ0n) is 11.6. The summed E-state index contributed by atoms with van der Waals surface area (Å²) in [5.74, 6) is 1.06. The summed E-state index contributed by atoms with van der Waals surface area (Å²) in [7, 11) is 0. The number of hydrogen-bond acceptors (Lipinski definition) is 1. The van der Waals surface area contributed by atoms with E-state index < -0.39 is 0 Å². The van der Waals surface area contributed by atoms with Crippen molar-refractivity contribution in [3.63, 3.8) is 0 Å². The molecule has 4 heteroatoms. The molecule has 1 aromatic carbocycles. The summed E-state index contributed by atoms with van der Waals surface area (Å²) in [6.07, 6.45) is 5.99. The first-order valence-electron chi connectivity index (χ1n) is 7.20. The average molecular weight is 336 g/mol. The van der Waals surface area contributed by atoms with E-state index in [1.807, 2.05) is 24.3 Å². The highest BCUT2D eigenvalue weighted by Crippen LogP contribution is 2.34. The summed E-state index contributed by atoms with van der Waals surface area (Å²) >= 11 is 18.4. The molecule has 1 atom stereocenters. The van der Waals surface area contributed by atoms with E-state index in [2.05, 4.69) is 0 Å². The summed E-state index contributed by atoms with van der Waals surface area (Å²) in [5.41, 5.74) is 1.02. The molecule has 20 heavy (non-hydrogen) atoms. The predicted molar refractivity (Wildman–Crippen MR) is 87.4 cm³/mol. The molecule has 1 heterocycles. The largest absolute Gasteiger partial charge is 0.378 e. The predicted octanol–water partition coefficient (Wildman–Crippen LogP) is 5.40. The number of rotatable bonds is 7. The molecule has 0 N–H and O–H groups in total. The molecule has 1 unspecified atom stereocenters. The van der Waals surface area contributed by atoms with Gasteiger partial charge in [0.25, 0.3) is 0 Å². The Morgan fingerprint density at radius 2 is 1.85 bits per heavy atom. The average Bonchev–Trinajstić information content (AvgIpc) is 2.98. The lowest BCUT2D eigenvalue weighted by Gasteiger charge is -2.30. The van der Waals surface area contributed by atoms with Gasteiger partial charge in [0, 0.05) is 28.8 Å². The van der Waals surface area contributed by atoms with E-state index in [-0.39, 0.29) is 5.41 Å². The van der Waals surface area contributed by atoms with Crippen LogP contribution in [0.4, 0.5) is 0 Å². The summed E-state index contributed by atoms with van der Waals surface area (Å²) < 4.78 is 5.67. The molecular weight excluding hydrogens is 315 g/mol. The van der Waals surface area contributed by atoms with Crippen LogP contribution in [0.25, 0.3) is 0 Å². The fourth-order valence-corrected chi connectivity index (χ4v) is 3.80. The molecule has 112 valence electrons. The van der Waals surface area contributed by atoms with Gasteiger partial charge in [0.2, 0.25) is 0 Å². The lowest BCUT2D eigenvalue weighted by molar-refractivity contribution is 0.101. The number of benzene rings is 1. The van der Waals surface area contributed by atoms with Crippen molar-refractivity contribution >= 4 is 34.8 Å². The van der Waals surface area contributed by atoms with Crippen LogP contribution in [0.1, 0.15) is 37.7 Å².